The number of unbranched alkanes of at least 4 members (excludes halogenated alkanes) is 1. The van der Waals surface area contributed by atoms with E-state index in [9.17, 15) is 8.78 Å². The molecule has 0 spiro atoms. The van der Waals surface area contributed by atoms with Crippen LogP contribution in [0.2, 0.25) is 0 Å². The number of nitrogens with one attached hydrogen (secondary N) is 2. The van der Waals surface area contributed by atoms with Gasteiger partial charge in [-0.2, -0.15) is 0 Å². The summed E-state index contributed by atoms with van der Waals surface area (Å²) in [5.41, 5.74) is 0. The first-order chi connectivity index (χ1) is 11.0. The number of alkyl halides is 2. The lowest BCUT2D eigenvalue weighted by molar-refractivity contribution is 0.0744. The molecule has 5 nitrogen and oxygen atoms in total. The van der Waals surface area contributed by atoms with E-state index < -0.39 is 6.43 Å². The summed E-state index contributed by atoms with van der Waals surface area (Å²) in [6, 6.07) is 0.313. The summed E-state index contributed by atoms with van der Waals surface area (Å²) >= 11 is 0. The van der Waals surface area contributed by atoms with E-state index in [0.29, 0.717) is 6.04 Å². The summed E-state index contributed by atoms with van der Waals surface area (Å²) < 4.78 is 24.7. The van der Waals surface area contributed by atoms with Gasteiger partial charge in [0.2, 0.25) is 0 Å². The van der Waals surface area contributed by atoms with Gasteiger partial charge in [0.25, 0.3) is 6.43 Å². The molecule has 0 atom stereocenters. The molecule has 2 N–H and O–H groups in total. The molecule has 0 aromatic heterocycles. The van der Waals surface area contributed by atoms with Crippen molar-refractivity contribution in [3.8, 4) is 0 Å². The summed E-state index contributed by atoms with van der Waals surface area (Å²) in [6.07, 6.45) is 1.96. The first kappa shape index (κ1) is 23.8. The van der Waals surface area contributed by atoms with Crippen LogP contribution in [0.5, 0.6) is 0 Å². The van der Waals surface area contributed by atoms with Gasteiger partial charge >= 0.3 is 0 Å². The van der Waals surface area contributed by atoms with Crippen LogP contribution < -0.4 is 10.6 Å². The number of nitrogens with zero attached hydrogens (tertiary/aromatic N) is 3. The number of likely N-dealkylation sites (tertiary alicyclic amines) is 1. The zero-order chi connectivity index (χ0) is 17.1. The molecule has 0 bridgehead atoms. The Bertz CT molecular complexity index is 336. The number of likely N-dealkylation sites (N-methyl/N-ethyl adjacent to an activating group) is 1. The number of halogens is 3. The van der Waals surface area contributed by atoms with Gasteiger partial charge in [-0.3, -0.25) is 9.89 Å². The van der Waals surface area contributed by atoms with Crippen molar-refractivity contribution in [1.29, 1.82) is 0 Å². The summed E-state index contributed by atoms with van der Waals surface area (Å²) in [7, 11) is 3.90. The Morgan fingerprint density at radius 1 is 1.29 bits per heavy atom. The normalized spacial score (nSPS) is 17.2. The Balaban J connectivity index is 0.00000529. The van der Waals surface area contributed by atoms with Gasteiger partial charge in [-0.25, -0.2) is 8.78 Å². The molecule has 1 heterocycles. The van der Waals surface area contributed by atoms with Gasteiger partial charge in [-0.05, 0) is 32.9 Å². The predicted octanol–water partition coefficient (Wildman–Crippen LogP) is 2.23. The summed E-state index contributed by atoms with van der Waals surface area (Å²) in [5, 5.41) is 6.73. The van der Waals surface area contributed by atoms with Gasteiger partial charge in [0.05, 0.1) is 6.54 Å². The molecule has 8 heteroatoms. The van der Waals surface area contributed by atoms with E-state index in [2.05, 4.69) is 34.5 Å². The first-order valence-corrected chi connectivity index (χ1v) is 8.71. The second-order valence-electron chi connectivity index (χ2n) is 6.27. The maximum absolute atomic E-state index is 12.4. The molecule has 1 saturated heterocycles. The van der Waals surface area contributed by atoms with E-state index >= 15 is 0 Å². The van der Waals surface area contributed by atoms with Crippen LogP contribution in [0.25, 0.3) is 0 Å². The third-order valence-electron chi connectivity index (χ3n) is 4.23. The number of hydrogen-bond donors (Lipinski definition) is 2. The number of guanidine groups is 1. The lowest BCUT2D eigenvalue weighted by atomic mass is 10.1. The van der Waals surface area contributed by atoms with Crippen molar-refractivity contribution in [2.45, 2.75) is 45.1 Å². The fourth-order valence-electron chi connectivity index (χ4n) is 2.75. The van der Waals surface area contributed by atoms with E-state index in [1.807, 2.05) is 4.90 Å². The van der Waals surface area contributed by atoms with Crippen LogP contribution in [-0.2, 0) is 0 Å². The molecule has 0 unspecified atom stereocenters. The lowest BCUT2D eigenvalue weighted by Crippen LogP contribution is -2.50. The number of piperidine rings is 1. The molecule has 1 aliphatic heterocycles. The first-order valence-electron chi connectivity index (χ1n) is 8.71. The molecule has 0 aliphatic carbocycles. The number of rotatable bonds is 9. The van der Waals surface area contributed by atoms with Gasteiger partial charge in [-0.15, -0.1) is 24.0 Å². The van der Waals surface area contributed by atoms with Crippen LogP contribution in [0.15, 0.2) is 4.99 Å². The van der Waals surface area contributed by atoms with E-state index in [-0.39, 0.29) is 30.5 Å². The molecule has 144 valence electrons. The molecule has 24 heavy (non-hydrogen) atoms. The summed E-state index contributed by atoms with van der Waals surface area (Å²) in [5.74, 6) is 0.807. The minimum Gasteiger partial charge on any atom is -0.355 e. The third-order valence-corrected chi connectivity index (χ3v) is 4.23. The zero-order valence-corrected chi connectivity index (χ0v) is 17.6. The standard InChI is InChI=1S/C16H33F2N5.HI/c1-4-5-9-22(3)12-8-20-16(19-2)21-14-6-10-23(11-7-14)13-15(17)18;/h14-15H,4-13H2,1-3H3,(H2,19,20,21);1H. The number of aliphatic imine (C=N–C) groups is 1. The highest BCUT2D eigenvalue weighted by Gasteiger charge is 2.21. The fraction of sp³-hybridized carbons (Fsp3) is 0.938. The zero-order valence-electron chi connectivity index (χ0n) is 15.2. The van der Waals surface area contributed by atoms with Crippen LogP contribution in [0, 0.1) is 0 Å². The Hall–Kier alpha value is -0.220. The van der Waals surface area contributed by atoms with Gasteiger partial charge in [0, 0.05) is 39.3 Å². The third kappa shape index (κ3) is 10.6. The highest BCUT2D eigenvalue weighted by atomic mass is 127. The molecule has 0 saturated carbocycles. The van der Waals surface area contributed by atoms with E-state index in [1.54, 1.807) is 7.05 Å². The monoisotopic (exact) mass is 461 g/mol. The Morgan fingerprint density at radius 2 is 1.96 bits per heavy atom. The molecule has 0 radical (unpaired) electrons. The van der Waals surface area contributed by atoms with Crippen LogP contribution in [0.3, 0.4) is 0 Å². The average molecular weight is 461 g/mol. The molecule has 1 fully saturated rings. The van der Waals surface area contributed by atoms with Crippen LogP contribution >= 0.6 is 24.0 Å². The van der Waals surface area contributed by atoms with Crippen molar-refractivity contribution in [2.75, 3.05) is 53.4 Å². The predicted molar refractivity (Wildman–Crippen MR) is 108 cm³/mol. The minimum absolute atomic E-state index is 0. The number of hydrogen-bond acceptors (Lipinski definition) is 3. The molecule has 0 aromatic carbocycles. The molecular formula is C16H34F2IN5. The van der Waals surface area contributed by atoms with Crippen LogP contribution in [0.1, 0.15) is 32.6 Å². The van der Waals surface area contributed by atoms with E-state index in [1.165, 1.54) is 12.8 Å². The van der Waals surface area contributed by atoms with E-state index in [4.69, 9.17) is 0 Å². The van der Waals surface area contributed by atoms with Crippen molar-refractivity contribution >= 4 is 29.9 Å². The van der Waals surface area contributed by atoms with Gasteiger partial charge < -0.3 is 15.5 Å². The molecular weight excluding hydrogens is 427 g/mol. The minimum atomic E-state index is -2.24. The molecule has 1 aliphatic rings. The average Bonchev–Trinajstić information content (AvgIpc) is 2.53. The summed E-state index contributed by atoms with van der Waals surface area (Å²) in [4.78, 5) is 8.40. The largest absolute Gasteiger partial charge is 0.355 e. The Labute approximate surface area is 162 Å². The van der Waals surface area contributed by atoms with Gasteiger partial charge in [-0.1, -0.05) is 13.3 Å². The summed E-state index contributed by atoms with van der Waals surface area (Å²) in [6.45, 7) is 6.48. The van der Waals surface area contributed by atoms with Crippen molar-refractivity contribution in [3.05, 3.63) is 0 Å². The Morgan fingerprint density at radius 3 is 2.50 bits per heavy atom. The molecule has 0 amide bonds. The highest BCUT2D eigenvalue weighted by molar-refractivity contribution is 14.0. The van der Waals surface area contributed by atoms with Crippen LogP contribution in [-0.4, -0.2) is 81.6 Å². The lowest BCUT2D eigenvalue weighted by Gasteiger charge is -2.32. The second-order valence-corrected chi connectivity index (χ2v) is 6.27. The van der Waals surface area contributed by atoms with Crippen molar-refractivity contribution in [3.63, 3.8) is 0 Å². The molecule has 0 aromatic rings. The van der Waals surface area contributed by atoms with Crippen molar-refractivity contribution < 1.29 is 8.78 Å². The van der Waals surface area contributed by atoms with Gasteiger partial charge in [0.1, 0.15) is 0 Å². The Kier molecular flexibility index (Phi) is 13.9. The quantitative estimate of drug-likeness (QED) is 0.314. The van der Waals surface area contributed by atoms with E-state index in [0.717, 1.165) is 51.5 Å². The maximum Gasteiger partial charge on any atom is 0.251 e. The van der Waals surface area contributed by atoms with Crippen molar-refractivity contribution in [1.82, 2.24) is 20.4 Å². The topological polar surface area (TPSA) is 42.9 Å². The second kappa shape index (κ2) is 14.0. The fourth-order valence-corrected chi connectivity index (χ4v) is 2.75. The smallest absolute Gasteiger partial charge is 0.251 e. The SMILES string of the molecule is CCCCN(C)CCNC(=NC)NC1CCN(CC(F)F)CC1.I. The van der Waals surface area contributed by atoms with Gasteiger partial charge in [0.15, 0.2) is 5.96 Å². The van der Waals surface area contributed by atoms with Crippen molar-refractivity contribution in [2.24, 2.45) is 4.99 Å². The molecule has 1 rings (SSSR count). The highest BCUT2D eigenvalue weighted by Crippen LogP contribution is 2.11. The van der Waals surface area contributed by atoms with Crippen LogP contribution in [0.4, 0.5) is 8.78 Å². The maximum atomic E-state index is 12.4.